The molecule has 0 aliphatic rings. The summed E-state index contributed by atoms with van der Waals surface area (Å²) in [5.74, 6) is 0.133. The average Bonchev–Trinajstić information content (AvgIpc) is 2.21. The molecule has 0 heterocycles. The third-order valence-corrected chi connectivity index (χ3v) is 4.26. The smallest absolute Gasteiger partial charge is 0.147 e. The first-order chi connectivity index (χ1) is 8.20. The van der Waals surface area contributed by atoms with E-state index in [1.807, 2.05) is 26.8 Å². The summed E-state index contributed by atoms with van der Waals surface area (Å²) in [6.45, 7) is 6.03. The van der Waals surface area contributed by atoms with Crippen LogP contribution in [-0.2, 0) is 9.84 Å². The highest BCUT2D eigenvalue weighted by Crippen LogP contribution is 2.25. The van der Waals surface area contributed by atoms with E-state index < -0.39 is 15.9 Å². The molecule has 0 spiro atoms. The van der Waals surface area contributed by atoms with E-state index in [1.165, 1.54) is 11.8 Å². The van der Waals surface area contributed by atoms with E-state index in [4.69, 9.17) is 0 Å². The second-order valence-electron chi connectivity index (χ2n) is 5.08. The zero-order valence-electron chi connectivity index (χ0n) is 11.5. The quantitative estimate of drug-likeness (QED) is 0.894. The Hall–Kier alpha value is -0.870. The van der Waals surface area contributed by atoms with E-state index in [0.717, 1.165) is 16.7 Å². The molecular formula is C14H22O3S. The minimum Gasteiger partial charge on any atom is -0.388 e. The molecule has 1 aromatic carbocycles. The Labute approximate surface area is 110 Å². The molecule has 1 aromatic rings. The Balaban J connectivity index is 2.73. The second-order valence-corrected chi connectivity index (χ2v) is 7.34. The molecule has 0 fully saturated rings. The molecule has 0 saturated heterocycles. The Morgan fingerprint density at radius 1 is 1.11 bits per heavy atom. The molecule has 0 aromatic heterocycles. The molecule has 1 rings (SSSR count). The molecule has 18 heavy (non-hydrogen) atoms. The van der Waals surface area contributed by atoms with Gasteiger partial charge in [0.15, 0.2) is 0 Å². The number of aliphatic hydroxyl groups excluding tert-OH is 1. The maximum atomic E-state index is 11.0. The lowest BCUT2D eigenvalue weighted by molar-refractivity contribution is 0.166. The minimum absolute atomic E-state index is 0.133. The summed E-state index contributed by atoms with van der Waals surface area (Å²) in [7, 11) is -2.94. The molecule has 3 nitrogen and oxygen atoms in total. The van der Waals surface area contributed by atoms with Crippen LogP contribution in [0, 0.1) is 20.8 Å². The monoisotopic (exact) mass is 270 g/mol. The van der Waals surface area contributed by atoms with Crippen molar-refractivity contribution in [2.45, 2.75) is 39.7 Å². The summed E-state index contributed by atoms with van der Waals surface area (Å²) in [5.41, 5.74) is 4.33. The largest absolute Gasteiger partial charge is 0.388 e. The Morgan fingerprint density at radius 2 is 1.67 bits per heavy atom. The van der Waals surface area contributed by atoms with Gasteiger partial charge in [-0.05, 0) is 55.9 Å². The van der Waals surface area contributed by atoms with E-state index in [1.54, 1.807) is 0 Å². The molecule has 0 amide bonds. The molecule has 0 saturated carbocycles. The summed E-state index contributed by atoms with van der Waals surface area (Å²) in [5, 5.41) is 10.1. The van der Waals surface area contributed by atoms with Gasteiger partial charge in [0.2, 0.25) is 0 Å². The highest BCUT2D eigenvalue weighted by molar-refractivity contribution is 7.90. The molecule has 0 bridgehead atoms. The van der Waals surface area contributed by atoms with Gasteiger partial charge in [-0.3, -0.25) is 0 Å². The molecule has 0 aliphatic carbocycles. The maximum Gasteiger partial charge on any atom is 0.147 e. The Kier molecular flexibility index (Phi) is 4.93. The van der Waals surface area contributed by atoms with Crippen molar-refractivity contribution >= 4 is 9.84 Å². The highest BCUT2D eigenvalue weighted by Gasteiger charge is 2.13. The van der Waals surface area contributed by atoms with Crippen LogP contribution in [0.3, 0.4) is 0 Å². The van der Waals surface area contributed by atoms with Crippen LogP contribution in [0.5, 0.6) is 0 Å². The molecule has 1 N–H and O–H groups in total. The minimum atomic E-state index is -2.94. The van der Waals surface area contributed by atoms with Gasteiger partial charge in [-0.1, -0.05) is 12.1 Å². The van der Waals surface area contributed by atoms with E-state index >= 15 is 0 Å². The summed E-state index contributed by atoms with van der Waals surface area (Å²) in [6, 6.07) is 4.06. The van der Waals surface area contributed by atoms with Gasteiger partial charge in [-0.25, -0.2) is 8.42 Å². The van der Waals surface area contributed by atoms with Gasteiger partial charge in [-0.2, -0.15) is 0 Å². The SMILES string of the molecule is Cc1cc(C)c(C(O)CCCS(C)(=O)=O)cc1C. The van der Waals surface area contributed by atoms with Crippen LogP contribution < -0.4 is 0 Å². The van der Waals surface area contributed by atoms with Crippen LogP contribution in [0.1, 0.15) is 41.2 Å². The van der Waals surface area contributed by atoms with Gasteiger partial charge in [0.25, 0.3) is 0 Å². The van der Waals surface area contributed by atoms with Crippen molar-refractivity contribution in [1.29, 1.82) is 0 Å². The number of aryl methyl sites for hydroxylation is 3. The van der Waals surface area contributed by atoms with E-state index in [0.29, 0.717) is 12.8 Å². The van der Waals surface area contributed by atoms with Crippen LogP contribution in [0.2, 0.25) is 0 Å². The first kappa shape index (κ1) is 15.2. The number of rotatable bonds is 5. The summed E-state index contributed by atoms with van der Waals surface area (Å²) in [4.78, 5) is 0. The van der Waals surface area contributed by atoms with Gasteiger partial charge in [0, 0.05) is 12.0 Å². The fourth-order valence-electron chi connectivity index (χ4n) is 2.04. The zero-order valence-corrected chi connectivity index (χ0v) is 12.3. The second kappa shape index (κ2) is 5.85. The van der Waals surface area contributed by atoms with Crippen LogP contribution in [-0.4, -0.2) is 25.5 Å². The van der Waals surface area contributed by atoms with Crippen LogP contribution in [0.15, 0.2) is 12.1 Å². The van der Waals surface area contributed by atoms with Crippen molar-refractivity contribution in [2.24, 2.45) is 0 Å². The van der Waals surface area contributed by atoms with Gasteiger partial charge >= 0.3 is 0 Å². The first-order valence-corrected chi connectivity index (χ1v) is 8.20. The molecule has 102 valence electrons. The molecule has 4 heteroatoms. The molecule has 1 atom stereocenters. The molecule has 1 unspecified atom stereocenters. The summed E-state index contributed by atoms with van der Waals surface area (Å²) >= 11 is 0. The number of hydrogen-bond acceptors (Lipinski definition) is 3. The normalized spacial score (nSPS) is 13.6. The van der Waals surface area contributed by atoms with Crippen molar-refractivity contribution < 1.29 is 13.5 Å². The molecule has 0 radical (unpaired) electrons. The third kappa shape index (κ3) is 4.42. The number of aliphatic hydroxyl groups is 1. The van der Waals surface area contributed by atoms with Gasteiger partial charge in [0.05, 0.1) is 6.10 Å². The topological polar surface area (TPSA) is 54.4 Å². The van der Waals surface area contributed by atoms with Crippen molar-refractivity contribution in [3.05, 3.63) is 34.4 Å². The number of sulfone groups is 1. The number of hydrogen-bond donors (Lipinski definition) is 1. The first-order valence-electron chi connectivity index (χ1n) is 6.14. The Morgan fingerprint density at radius 3 is 2.22 bits per heavy atom. The predicted molar refractivity (Wildman–Crippen MR) is 74.6 cm³/mol. The summed E-state index contributed by atoms with van der Waals surface area (Å²) in [6.07, 6.45) is 1.62. The Bertz CT molecular complexity index is 518. The van der Waals surface area contributed by atoms with Crippen molar-refractivity contribution in [1.82, 2.24) is 0 Å². The zero-order chi connectivity index (χ0) is 13.9. The van der Waals surface area contributed by atoms with E-state index in [-0.39, 0.29) is 5.75 Å². The highest BCUT2D eigenvalue weighted by atomic mass is 32.2. The lowest BCUT2D eigenvalue weighted by atomic mass is 9.95. The van der Waals surface area contributed by atoms with Crippen molar-refractivity contribution in [2.75, 3.05) is 12.0 Å². The van der Waals surface area contributed by atoms with Crippen LogP contribution in [0.4, 0.5) is 0 Å². The van der Waals surface area contributed by atoms with Gasteiger partial charge in [0.1, 0.15) is 9.84 Å². The number of benzene rings is 1. The standard InChI is InChI=1S/C14H22O3S/c1-10-8-12(3)13(9-11(10)2)14(15)6-5-7-18(4,16)17/h8-9,14-15H,5-7H2,1-4H3. The molecular weight excluding hydrogens is 248 g/mol. The summed E-state index contributed by atoms with van der Waals surface area (Å²) < 4.78 is 22.1. The van der Waals surface area contributed by atoms with Gasteiger partial charge < -0.3 is 5.11 Å². The lowest BCUT2D eigenvalue weighted by Gasteiger charge is -2.15. The van der Waals surface area contributed by atoms with Crippen molar-refractivity contribution in [3.63, 3.8) is 0 Å². The van der Waals surface area contributed by atoms with Crippen LogP contribution in [0.25, 0.3) is 0 Å². The maximum absolute atomic E-state index is 11.0. The predicted octanol–water partition coefficient (Wildman–Crippen LogP) is 2.47. The lowest BCUT2D eigenvalue weighted by Crippen LogP contribution is -2.07. The van der Waals surface area contributed by atoms with Crippen LogP contribution >= 0.6 is 0 Å². The fourth-order valence-corrected chi connectivity index (χ4v) is 2.73. The van der Waals surface area contributed by atoms with E-state index in [2.05, 4.69) is 6.07 Å². The third-order valence-electron chi connectivity index (χ3n) is 3.23. The fraction of sp³-hybridized carbons (Fsp3) is 0.571. The van der Waals surface area contributed by atoms with Crippen molar-refractivity contribution in [3.8, 4) is 0 Å². The van der Waals surface area contributed by atoms with Gasteiger partial charge in [-0.15, -0.1) is 0 Å². The molecule has 0 aliphatic heterocycles. The average molecular weight is 270 g/mol. The van der Waals surface area contributed by atoms with E-state index in [9.17, 15) is 13.5 Å².